The summed E-state index contributed by atoms with van der Waals surface area (Å²) in [5.41, 5.74) is 3.34. The van der Waals surface area contributed by atoms with Crippen molar-refractivity contribution in [3.8, 4) is 11.4 Å². The molecule has 0 radical (unpaired) electrons. The first kappa shape index (κ1) is 28.0. The third-order valence-corrected chi connectivity index (χ3v) is 6.86. The Morgan fingerprint density at radius 3 is 2.39 bits per heavy atom. The minimum absolute atomic E-state index is 0.0336. The summed E-state index contributed by atoms with van der Waals surface area (Å²) in [5.74, 6) is 0.500. The summed E-state index contributed by atoms with van der Waals surface area (Å²) in [7, 11) is -1.61. The maximum absolute atomic E-state index is 13.0. The predicted octanol–water partition coefficient (Wildman–Crippen LogP) is 1.44. The van der Waals surface area contributed by atoms with Gasteiger partial charge in [-0.1, -0.05) is 35.9 Å². The number of benzene rings is 3. The number of aliphatic imine (C=N–C) groups is 1. The lowest BCUT2D eigenvalue weighted by Gasteiger charge is -2.13. The number of carbonyl (C=O) groups is 2. The Balaban J connectivity index is 1.32. The number of phenols is 1. The van der Waals surface area contributed by atoms with Crippen LogP contribution in [0, 0.1) is 6.92 Å². The molecule has 4 aromatic rings. The molecule has 0 fully saturated rings. The standard InChI is InChI=1S/C28H26BClN6O5/c1-16-34-35-27-23(15-25(38)31-12-13-32-28(39)18-2-6-19(7-3-18)29(40)41)33-26(17-4-8-20(30)9-5-17)22-14-21(37)10-11-24(22)36(16)27/h2-11,14,23,37,40-41H,12-13,15H2,1H3,(H,31,38)(H,32,39)/t23-/m0/s1. The van der Waals surface area contributed by atoms with Gasteiger partial charge in [0.05, 0.1) is 17.8 Å². The smallest absolute Gasteiger partial charge is 0.488 e. The van der Waals surface area contributed by atoms with Crippen molar-refractivity contribution in [3.63, 3.8) is 0 Å². The first-order valence-corrected chi connectivity index (χ1v) is 13.2. The second kappa shape index (κ2) is 11.9. The third-order valence-electron chi connectivity index (χ3n) is 6.61. The molecule has 1 aliphatic rings. The molecule has 5 rings (SSSR count). The largest absolute Gasteiger partial charge is 0.508 e. The molecule has 13 heteroatoms. The Kier molecular flexibility index (Phi) is 8.15. The van der Waals surface area contributed by atoms with Gasteiger partial charge in [-0.2, -0.15) is 0 Å². The summed E-state index contributed by atoms with van der Waals surface area (Å²) in [6.45, 7) is 2.16. The quantitative estimate of drug-likeness (QED) is 0.158. The van der Waals surface area contributed by atoms with Crippen molar-refractivity contribution >= 4 is 41.7 Å². The fraction of sp³-hybridized carbons (Fsp3) is 0.179. The van der Waals surface area contributed by atoms with Crippen LogP contribution in [0.25, 0.3) is 5.69 Å². The molecular formula is C28H26BClN6O5. The van der Waals surface area contributed by atoms with Gasteiger partial charge in [-0.3, -0.25) is 19.1 Å². The summed E-state index contributed by atoms with van der Waals surface area (Å²) in [4.78, 5) is 30.3. The van der Waals surface area contributed by atoms with Gasteiger partial charge in [0, 0.05) is 34.8 Å². The van der Waals surface area contributed by atoms with Crippen LogP contribution in [-0.4, -0.2) is 67.7 Å². The van der Waals surface area contributed by atoms with Gasteiger partial charge >= 0.3 is 7.12 Å². The van der Waals surface area contributed by atoms with Crippen molar-refractivity contribution in [2.75, 3.05) is 13.1 Å². The second-order valence-electron chi connectivity index (χ2n) is 9.45. The van der Waals surface area contributed by atoms with Crippen LogP contribution < -0.4 is 16.1 Å². The zero-order valence-corrected chi connectivity index (χ0v) is 22.7. The van der Waals surface area contributed by atoms with Gasteiger partial charge in [-0.15, -0.1) is 10.2 Å². The van der Waals surface area contributed by atoms with Gasteiger partial charge in [0.2, 0.25) is 5.91 Å². The van der Waals surface area contributed by atoms with Crippen LogP contribution in [-0.2, 0) is 4.79 Å². The van der Waals surface area contributed by atoms with E-state index in [-0.39, 0.29) is 42.5 Å². The van der Waals surface area contributed by atoms with Crippen molar-refractivity contribution in [3.05, 3.63) is 100 Å². The topological polar surface area (TPSA) is 162 Å². The Hall–Kier alpha value is -4.52. The highest BCUT2D eigenvalue weighted by molar-refractivity contribution is 6.58. The highest BCUT2D eigenvalue weighted by Crippen LogP contribution is 2.34. The maximum atomic E-state index is 13.0. The van der Waals surface area contributed by atoms with Crippen LogP contribution in [0.4, 0.5) is 0 Å². The average Bonchev–Trinajstić information content (AvgIpc) is 3.28. The number of rotatable bonds is 8. The number of aryl methyl sites for hydroxylation is 1. The Morgan fingerprint density at radius 2 is 1.68 bits per heavy atom. The van der Waals surface area contributed by atoms with E-state index < -0.39 is 13.2 Å². The van der Waals surface area contributed by atoms with E-state index in [1.165, 1.54) is 24.3 Å². The zero-order chi connectivity index (χ0) is 29.1. The highest BCUT2D eigenvalue weighted by atomic mass is 35.5. The Bertz CT molecular complexity index is 1620. The number of aromatic hydroxyl groups is 1. The fourth-order valence-corrected chi connectivity index (χ4v) is 4.72. The lowest BCUT2D eigenvalue weighted by atomic mass is 9.80. The molecule has 2 amide bonds. The van der Waals surface area contributed by atoms with Gasteiger partial charge in [0.25, 0.3) is 5.91 Å². The van der Waals surface area contributed by atoms with E-state index in [4.69, 9.17) is 16.6 Å². The van der Waals surface area contributed by atoms with Crippen molar-refractivity contribution in [2.24, 2.45) is 4.99 Å². The van der Waals surface area contributed by atoms with E-state index in [9.17, 15) is 24.7 Å². The summed E-state index contributed by atoms with van der Waals surface area (Å²) in [6, 6.07) is 17.3. The molecule has 5 N–H and O–H groups in total. The van der Waals surface area contributed by atoms with E-state index in [1.54, 1.807) is 37.3 Å². The van der Waals surface area contributed by atoms with Crippen molar-refractivity contribution in [1.29, 1.82) is 0 Å². The number of aromatic nitrogens is 3. The number of amides is 2. The van der Waals surface area contributed by atoms with E-state index in [1.807, 2.05) is 16.7 Å². The van der Waals surface area contributed by atoms with Crippen LogP contribution in [0.5, 0.6) is 5.75 Å². The van der Waals surface area contributed by atoms with Gasteiger partial charge in [-0.05, 0) is 54.9 Å². The number of fused-ring (bicyclic) bond motifs is 3. The molecule has 2 heterocycles. The normalized spacial score (nSPS) is 13.9. The lowest BCUT2D eigenvalue weighted by molar-refractivity contribution is -0.121. The van der Waals surface area contributed by atoms with Crippen LogP contribution in [0.15, 0.2) is 71.7 Å². The van der Waals surface area contributed by atoms with Crippen LogP contribution in [0.3, 0.4) is 0 Å². The van der Waals surface area contributed by atoms with E-state index in [2.05, 4.69) is 20.8 Å². The molecule has 0 bridgehead atoms. The first-order chi connectivity index (χ1) is 19.7. The number of nitrogens with one attached hydrogen (secondary N) is 2. The van der Waals surface area contributed by atoms with Crippen LogP contribution in [0.1, 0.15) is 45.6 Å². The summed E-state index contributed by atoms with van der Waals surface area (Å²) in [6.07, 6.45) is -0.0336. The Labute approximate surface area is 240 Å². The first-order valence-electron chi connectivity index (χ1n) is 12.8. The molecule has 1 aliphatic heterocycles. The molecule has 11 nitrogen and oxygen atoms in total. The average molecular weight is 573 g/mol. The van der Waals surface area contributed by atoms with Gasteiger partial charge in [-0.25, -0.2) is 0 Å². The molecular weight excluding hydrogens is 547 g/mol. The molecule has 41 heavy (non-hydrogen) atoms. The van der Waals surface area contributed by atoms with E-state index in [0.717, 1.165) is 11.3 Å². The molecule has 0 unspecified atom stereocenters. The number of hydrogen-bond donors (Lipinski definition) is 5. The summed E-state index contributed by atoms with van der Waals surface area (Å²) >= 11 is 6.11. The molecule has 0 spiro atoms. The summed E-state index contributed by atoms with van der Waals surface area (Å²) in [5, 5.41) is 43.3. The van der Waals surface area contributed by atoms with Crippen molar-refractivity contribution in [2.45, 2.75) is 19.4 Å². The summed E-state index contributed by atoms with van der Waals surface area (Å²) < 4.78 is 1.83. The molecule has 0 aliphatic carbocycles. The van der Waals surface area contributed by atoms with Crippen LogP contribution >= 0.6 is 11.6 Å². The van der Waals surface area contributed by atoms with Crippen molar-refractivity contribution in [1.82, 2.24) is 25.4 Å². The fourth-order valence-electron chi connectivity index (χ4n) is 4.59. The van der Waals surface area contributed by atoms with E-state index >= 15 is 0 Å². The molecule has 0 saturated carbocycles. The number of carbonyl (C=O) groups excluding carboxylic acids is 2. The second-order valence-corrected chi connectivity index (χ2v) is 9.88. The molecule has 0 saturated heterocycles. The number of phenolic OH excluding ortho intramolecular Hbond substituents is 1. The molecule has 3 aromatic carbocycles. The van der Waals surface area contributed by atoms with Gasteiger partial charge < -0.3 is 25.8 Å². The number of halogens is 1. The molecule has 208 valence electrons. The minimum Gasteiger partial charge on any atom is -0.508 e. The van der Waals surface area contributed by atoms with E-state index in [0.29, 0.717) is 33.5 Å². The third kappa shape index (κ3) is 6.14. The maximum Gasteiger partial charge on any atom is 0.488 e. The SMILES string of the molecule is Cc1nnc2n1-c1ccc(O)cc1C(c1ccc(Cl)cc1)=N[C@H]2CC(=O)NCCNC(=O)c1ccc(B(O)O)cc1. The zero-order valence-electron chi connectivity index (χ0n) is 22.0. The van der Waals surface area contributed by atoms with Gasteiger partial charge in [0.1, 0.15) is 17.6 Å². The predicted molar refractivity (Wildman–Crippen MR) is 154 cm³/mol. The Morgan fingerprint density at radius 1 is 0.976 bits per heavy atom. The molecule has 1 aromatic heterocycles. The molecule has 1 atom stereocenters. The number of nitrogens with zero attached hydrogens (tertiary/aromatic N) is 4. The monoisotopic (exact) mass is 572 g/mol. The lowest BCUT2D eigenvalue weighted by Crippen LogP contribution is -2.35. The van der Waals surface area contributed by atoms with Crippen molar-refractivity contribution < 1.29 is 24.7 Å². The van der Waals surface area contributed by atoms with Gasteiger partial charge in [0.15, 0.2) is 5.82 Å². The number of hydrogen-bond acceptors (Lipinski definition) is 8. The minimum atomic E-state index is -1.61. The van der Waals surface area contributed by atoms with Crippen LogP contribution in [0.2, 0.25) is 5.02 Å². The highest BCUT2D eigenvalue weighted by Gasteiger charge is 2.30.